The highest BCUT2D eigenvalue weighted by Gasteiger charge is 2.41. The normalized spacial score (nSPS) is 25.7. The van der Waals surface area contributed by atoms with Crippen molar-refractivity contribution in [3.8, 4) is 0 Å². The fourth-order valence-electron chi connectivity index (χ4n) is 3.01. The number of benzene rings is 1. The minimum absolute atomic E-state index is 0.0729. The van der Waals surface area contributed by atoms with Crippen molar-refractivity contribution in [2.24, 2.45) is 11.3 Å². The van der Waals surface area contributed by atoms with E-state index in [1.54, 1.807) is 0 Å². The van der Waals surface area contributed by atoms with Crippen molar-refractivity contribution in [1.82, 2.24) is 5.32 Å². The van der Waals surface area contributed by atoms with Crippen LogP contribution in [0.1, 0.15) is 32.8 Å². The molecule has 1 aliphatic rings. The Hall–Kier alpha value is -0.280. The third kappa shape index (κ3) is 4.13. The lowest BCUT2D eigenvalue weighted by atomic mass is 9.76. The number of nitrogens with one attached hydrogen (secondary N) is 1. The quantitative estimate of drug-likeness (QED) is 0.824. The van der Waals surface area contributed by atoms with Gasteiger partial charge in [-0.05, 0) is 49.9 Å². The lowest BCUT2D eigenvalue weighted by Gasteiger charge is -2.33. The van der Waals surface area contributed by atoms with Crippen molar-refractivity contribution < 1.29 is 4.74 Å². The molecular weight excluding hydrogens is 305 g/mol. The number of halogens is 2. The molecular formula is C17H25Cl2NO. The van der Waals surface area contributed by atoms with Gasteiger partial charge in [-0.1, -0.05) is 43.1 Å². The van der Waals surface area contributed by atoms with Crippen LogP contribution in [0, 0.1) is 11.3 Å². The first-order valence-corrected chi connectivity index (χ1v) is 8.45. The number of rotatable bonds is 6. The van der Waals surface area contributed by atoms with E-state index in [0.717, 1.165) is 48.1 Å². The van der Waals surface area contributed by atoms with Crippen molar-refractivity contribution >= 4 is 23.2 Å². The van der Waals surface area contributed by atoms with Crippen molar-refractivity contribution in [3.63, 3.8) is 0 Å². The van der Waals surface area contributed by atoms with E-state index >= 15 is 0 Å². The summed E-state index contributed by atoms with van der Waals surface area (Å²) < 4.78 is 5.85. The predicted molar refractivity (Wildman–Crippen MR) is 90.3 cm³/mol. The van der Waals surface area contributed by atoms with Crippen molar-refractivity contribution in [2.45, 2.75) is 39.7 Å². The maximum atomic E-state index is 6.36. The van der Waals surface area contributed by atoms with Crippen molar-refractivity contribution in [1.29, 1.82) is 0 Å². The molecule has 1 saturated heterocycles. The summed E-state index contributed by atoms with van der Waals surface area (Å²) in [5, 5.41) is 5.10. The number of ether oxygens (including phenoxy) is 1. The molecule has 1 aliphatic heterocycles. The molecule has 0 aromatic heterocycles. The Labute approximate surface area is 138 Å². The van der Waals surface area contributed by atoms with Crippen LogP contribution >= 0.6 is 23.2 Å². The van der Waals surface area contributed by atoms with Crippen molar-refractivity contribution in [3.05, 3.63) is 33.8 Å². The molecule has 2 unspecified atom stereocenters. The molecule has 0 bridgehead atoms. The van der Waals surface area contributed by atoms with E-state index in [-0.39, 0.29) is 11.5 Å². The largest absolute Gasteiger partial charge is 0.378 e. The van der Waals surface area contributed by atoms with Gasteiger partial charge in [-0.15, -0.1) is 0 Å². The number of hydrogen-bond donors (Lipinski definition) is 1. The maximum absolute atomic E-state index is 6.36. The smallest absolute Gasteiger partial charge is 0.0619 e. The molecule has 2 atom stereocenters. The summed E-state index contributed by atoms with van der Waals surface area (Å²) in [6, 6.07) is 5.73. The van der Waals surface area contributed by atoms with Crippen LogP contribution < -0.4 is 5.32 Å². The first-order valence-electron chi connectivity index (χ1n) is 7.70. The van der Waals surface area contributed by atoms with Crippen LogP contribution in [0.5, 0.6) is 0 Å². The first-order chi connectivity index (χ1) is 9.94. The molecule has 118 valence electrons. The second kappa shape index (κ2) is 7.32. The summed E-state index contributed by atoms with van der Waals surface area (Å²) in [6.45, 7) is 9.37. The maximum Gasteiger partial charge on any atom is 0.0619 e. The van der Waals surface area contributed by atoms with E-state index in [0.29, 0.717) is 5.92 Å². The molecule has 1 heterocycles. The predicted octanol–water partition coefficient (Wildman–Crippen LogP) is 4.58. The van der Waals surface area contributed by atoms with Crippen LogP contribution in [0.25, 0.3) is 0 Å². The minimum Gasteiger partial charge on any atom is -0.378 e. The van der Waals surface area contributed by atoms with E-state index in [1.165, 1.54) is 0 Å². The van der Waals surface area contributed by atoms with Gasteiger partial charge >= 0.3 is 0 Å². The molecule has 2 rings (SSSR count). The zero-order valence-electron chi connectivity index (χ0n) is 13.1. The molecule has 21 heavy (non-hydrogen) atoms. The summed E-state index contributed by atoms with van der Waals surface area (Å²) in [5.41, 5.74) is 1.12. The molecule has 0 aliphatic carbocycles. The van der Waals surface area contributed by atoms with E-state index in [1.807, 2.05) is 18.2 Å². The summed E-state index contributed by atoms with van der Waals surface area (Å²) in [5.74, 6) is 0.642. The topological polar surface area (TPSA) is 21.3 Å². The summed E-state index contributed by atoms with van der Waals surface area (Å²) in [4.78, 5) is 0. The van der Waals surface area contributed by atoms with Gasteiger partial charge in [0, 0.05) is 28.6 Å². The lowest BCUT2D eigenvalue weighted by Crippen LogP contribution is -2.42. The Morgan fingerprint density at radius 2 is 2.00 bits per heavy atom. The Kier molecular flexibility index (Phi) is 5.96. The zero-order valence-corrected chi connectivity index (χ0v) is 14.6. The highest BCUT2D eigenvalue weighted by Crippen LogP contribution is 2.41. The third-order valence-electron chi connectivity index (χ3n) is 4.45. The molecule has 1 aromatic carbocycles. The second-order valence-corrected chi connectivity index (χ2v) is 7.34. The van der Waals surface area contributed by atoms with Gasteiger partial charge in [0.25, 0.3) is 0 Å². The van der Waals surface area contributed by atoms with Crippen LogP contribution in [0.3, 0.4) is 0 Å². The van der Waals surface area contributed by atoms with Gasteiger partial charge in [0.2, 0.25) is 0 Å². The standard InChI is InChI=1S/C17H25Cl2NO/c1-12(2)10-20-11-17(7-8-21-13(17)3)9-14-15(18)5-4-6-16(14)19/h4-6,12-13,20H,7-11H2,1-3H3. The molecule has 1 aromatic rings. The van der Waals surface area contributed by atoms with Gasteiger partial charge in [-0.3, -0.25) is 0 Å². The second-order valence-electron chi connectivity index (χ2n) is 6.53. The summed E-state index contributed by atoms with van der Waals surface area (Å²) in [7, 11) is 0. The van der Waals surface area contributed by atoms with Crippen LogP contribution in [-0.4, -0.2) is 25.8 Å². The molecule has 0 saturated carbocycles. The van der Waals surface area contributed by atoms with E-state index in [2.05, 4.69) is 26.1 Å². The summed E-state index contributed by atoms with van der Waals surface area (Å²) in [6.07, 6.45) is 2.11. The molecule has 4 heteroatoms. The number of hydrogen-bond acceptors (Lipinski definition) is 2. The third-order valence-corrected chi connectivity index (χ3v) is 5.16. The fraction of sp³-hybridized carbons (Fsp3) is 0.647. The fourth-order valence-corrected chi connectivity index (χ4v) is 3.54. The van der Waals surface area contributed by atoms with Crippen LogP contribution in [0.15, 0.2) is 18.2 Å². The van der Waals surface area contributed by atoms with Crippen LogP contribution in [0.4, 0.5) is 0 Å². The van der Waals surface area contributed by atoms with Gasteiger partial charge < -0.3 is 10.1 Å². The van der Waals surface area contributed by atoms with E-state index < -0.39 is 0 Å². The monoisotopic (exact) mass is 329 g/mol. The van der Waals surface area contributed by atoms with Crippen LogP contribution in [0.2, 0.25) is 10.0 Å². The summed E-state index contributed by atoms with van der Waals surface area (Å²) >= 11 is 12.7. The average molecular weight is 330 g/mol. The van der Waals surface area contributed by atoms with Crippen molar-refractivity contribution in [2.75, 3.05) is 19.7 Å². The average Bonchev–Trinajstić information content (AvgIpc) is 2.76. The Balaban J connectivity index is 2.17. The van der Waals surface area contributed by atoms with Gasteiger partial charge in [0.15, 0.2) is 0 Å². The van der Waals surface area contributed by atoms with Crippen LogP contribution in [-0.2, 0) is 11.2 Å². The van der Waals surface area contributed by atoms with Gasteiger partial charge in [0.1, 0.15) is 0 Å². The van der Waals surface area contributed by atoms with Gasteiger partial charge in [-0.2, -0.15) is 0 Å². The Bertz CT molecular complexity index is 458. The first kappa shape index (κ1) is 17.1. The molecule has 1 fully saturated rings. The molecule has 0 radical (unpaired) electrons. The molecule has 2 nitrogen and oxygen atoms in total. The van der Waals surface area contributed by atoms with E-state index in [4.69, 9.17) is 27.9 Å². The minimum atomic E-state index is 0.0729. The van der Waals surface area contributed by atoms with E-state index in [9.17, 15) is 0 Å². The Morgan fingerprint density at radius 1 is 1.33 bits per heavy atom. The highest BCUT2D eigenvalue weighted by atomic mass is 35.5. The van der Waals surface area contributed by atoms with Gasteiger partial charge in [0.05, 0.1) is 6.10 Å². The molecule has 0 spiro atoms. The van der Waals surface area contributed by atoms with Gasteiger partial charge in [-0.25, -0.2) is 0 Å². The highest BCUT2D eigenvalue weighted by molar-refractivity contribution is 6.36. The zero-order chi connectivity index (χ0) is 15.5. The molecule has 1 N–H and O–H groups in total. The Morgan fingerprint density at radius 3 is 2.52 bits per heavy atom. The lowest BCUT2D eigenvalue weighted by molar-refractivity contribution is 0.0627. The molecule has 0 amide bonds. The SMILES string of the molecule is CC(C)CNCC1(Cc2c(Cl)cccc2Cl)CCOC1C.